The van der Waals surface area contributed by atoms with Crippen molar-refractivity contribution in [1.82, 2.24) is 10.2 Å². The molecule has 0 atom stereocenters. The maximum atomic E-state index is 13.3. The zero-order valence-electron chi connectivity index (χ0n) is 8.55. The average molecular weight is 231 g/mol. The summed E-state index contributed by atoms with van der Waals surface area (Å²) in [5, 5.41) is 2.91. The van der Waals surface area contributed by atoms with Gasteiger partial charge in [-0.25, -0.2) is 9.18 Å². The van der Waals surface area contributed by atoms with Crippen LogP contribution < -0.4 is 5.32 Å². The monoisotopic (exact) mass is 230 g/mol. The van der Waals surface area contributed by atoms with Gasteiger partial charge in [0.05, 0.1) is 0 Å². The Morgan fingerprint density at radius 2 is 2.27 bits per heavy atom. The Morgan fingerprint density at radius 1 is 1.60 bits per heavy atom. The third-order valence-electron chi connectivity index (χ3n) is 1.98. The first kappa shape index (κ1) is 11.8. The second-order valence-electron chi connectivity index (χ2n) is 3.15. The van der Waals surface area contributed by atoms with Gasteiger partial charge in [-0.3, -0.25) is 0 Å². The third-order valence-corrected chi connectivity index (χ3v) is 2.21. The number of rotatable bonds is 2. The SMILES string of the molecule is CNC(=O)N(C)Cc1cc(Cl)ccc1F. The Kier molecular flexibility index (Phi) is 3.91. The second-order valence-corrected chi connectivity index (χ2v) is 3.58. The molecule has 0 aliphatic rings. The molecule has 1 aromatic carbocycles. The van der Waals surface area contributed by atoms with E-state index in [1.165, 1.54) is 30.1 Å². The molecular weight excluding hydrogens is 219 g/mol. The highest BCUT2D eigenvalue weighted by atomic mass is 35.5. The van der Waals surface area contributed by atoms with E-state index in [1.54, 1.807) is 7.05 Å². The van der Waals surface area contributed by atoms with E-state index in [2.05, 4.69) is 5.32 Å². The number of nitrogens with one attached hydrogen (secondary N) is 1. The number of carbonyl (C=O) groups excluding carboxylic acids is 1. The smallest absolute Gasteiger partial charge is 0.317 e. The van der Waals surface area contributed by atoms with Gasteiger partial charge in [-0.15, -0.1) is 0 Å². The van der Waals surface area contributed by atoms with E-state index in [9.17, 15) is 9.18 Å². The van der Waals surface area contributed by atoms with Gasteiger partial charge < -0.3 is 10.2 Å². The van der Waals surface area contributed by atoms with E-state index >= 15 is 0 Å². The van der Waals surface area contributed by atoms with Gasteiger partial charge in [0.1, 0.15) is 5.82 Å². The molecule has 0 fully saturated rings. The summed E-state index contributed by atoms with van der Waals surface area (Å²) < 4.78 is 13.3. The van der Waals surface area contributed by atoms with Crippen molar-refractivity contribution in [2.45, 2.75) is 6.54 Å². The molecule has 2 amide bonds. The second kappa shape index (κ2) is 4.98. The minimum Gasteiger partial charge on any atom is -0.341 e. The normalized spacial score (nSPS) is 9.87. The van der Waals surface area contributed by atoms with Crippen LogP contribution in [-0.2, 0) is 6.54 Å². The summed E-state index contributed by atoms with van der Waals surface area (Å²) in [7, 11) is 3.10. The number of hydrogen-bond donors (Lipinski definition) is 1. The Hall–Kier alpha value is -1.29. The largest absolute Gasteiger partial charge is 0.341 e. The molecule has 1 aromatic rings. The lowest BCUT2D eigenvalue weighted by Crippen LogP contribution is -2.34. The van der Waals surface area contributed by atoms with Crippen molar-refractivity contribution in [3.63, 3.8) is 0 Å². The summed E-state index contributed by atoms with van der Waals surface area (Å²) in [6, 6.07) is 4.00. The average Bonchev–Trinajstić information content (AvgIpc) is 2.22. The fraction of sp³-hybridized carbons (Fsp3) is 0.300. The maximum Gasteiger partial charge on any atom is 0.317 e. The van der Waals surface area contributed by atoms with Crippen molar-refractivity contribution in [2.24, 2.45) is 0 Å². The lowest BCUT2D eigenvalue weighted by atomic mass is 10.2. The van der Waals surface area contributed by atoms with Crippen LogP contribution in [0.1, 0.15) is 5.56 Å². The molecule has 1 rings (SSSR count). The zero-order valence-corrected chi connectivity index (χ0v) is 9.31. The molecule has 0 saturated carbocycles. The molecule has 82 valence electrons. The lowest BCUT2D eigenvalue weighted by Gasteiger charge is -2.16. The Balaban J connectivity index is 2.80. The summed E-state index contributed by atoms with van der Waals surface area (Å²) in [4.78, 5) is 12.5. The minimum atomic E-state index is -0.366. The van der Waals surface area contributed by atoms with Crippen molar-refractivity contribution in [1.29, 1.82) is 0 Å². The van der Waals surface area contributed by atoms with Gasteiger partial charge in [0.25, 0.3) is 0 Å². The van der Waals surface area contributed by atoms with Crippen molar-refractivity contribution < 1.29 is 9.18 Å². The number of nitrogens with zero attached hydrogens (tertiary/aromatic N) is 1. The Bertz CT molecular complexity index is 370. The number of hydrogen-bond acceptors (Lipinski definition) is 1. The molecule has 0 aromatic heterocycles. The molecule has 1 N–H and O–H groups in total. The number of halogens is 2. The van der Waals surface area contributed by atoms with Crippen LogP contribution in [0.4, 0.5) is 9.18 Å². The van der Waals surface area contributed by atoms with Crippen LogP contribution >= 0.6 is 11.6 Å². The highest BCUT2D eigenvalue weighted by Crippen LogP contribution is 2.16. The molecule has 0 aliphatic heterocycles. The first-order chi connectivity index (χ1) is 7.04. The van der Waals surface area contributed by atoms with E-state index in [1.807, 2.05) is 0 Å². The van der Waals surface area contributed by atoms with Crippen LogP contribution in [0.5, 0.6) is 0 Å². The Morgan fingerprint density at radius 3 is 2.87 bits per heavy atom. The molecular formula is C10H12ClFN2O. The topological polar surface area (TPSA) is 32.3 Å². The fourth-order valence-electron chi connectivity index (χ4n) is 1.18. The molecule has 5 heteroatoms. The molecule has 0 spiro atoms. The predicted molar refractivity (Wildman–Crippen MR) is 57.3 cm³/mol. The van der Waals surface area contributed by atoms with Gasteiger partial charge >= 0.3 is 6.03 Å². The van der Waals surface area contributed by atoms with Gasteiger partial charge in [-0.2, -0.15) is 0 Å². The van der Waals surface area contributed by atoms with E-state index in [0.29, 0.717) is 10.6 Å². The summed E-state index contributed by atoms with van der Waals surface area (Å²) in [5.41, 5.74) is 0.397. The van der Waals surface area contributed by atoms with Crippen LogP contribution in [0.3, 0.4) is 0 Å². The molecule has 0 aliphatic carbocycles. The molecule has 0 saturated heterocycles. The van der Waals surface area contributed by atoms with Crippen molar-refractivity contribution in [2.75, 3.05) is 14.1 Å². The summed E-state index contributed by atoms with van der Waals surface area (Å²) in [6.45, 7) is 0.187. The van der Waals surface area contributed by atoms with Crippen LogP contribution in [0.2, 0.25) is 5.02 Å². The molecule has 0 bridgehead atoms. The van der Waals surface area contributed by atoms with E-state index in [0.717, 1.165) is 0 Å². The van der Waals surface area contributed by atoms with Gasteiger partial charge in [0.2, 0.25) is 0 Å². The van der Waals surface area contributed by atoms with Crippen molar-refractivity contribution >= 4 is 17.6 Å². The van der Waals surface area contributed by atoms with E-state index in [4.69, 9.17) is 11.6 Å². The van der Waals surface area contributed by atoms with Crippen molar-refractivity contribution in [3.05, 3.63) is 34.6 Å². The molecule has 3 nitrogen and oxygen atoms in total. The highest BCUT2D eigenvalue weighted by Gasteiger charge is 2.10. The van der Waals surface area contributed by atoms with Crippen LogP contribution in [0.25, 0.3) is 0 Å². The standard InChI is InChI=1S/C10H12ClFN2O/c1-13-10(15)14(2)6-7-5-8(11)3-4-9(7)12/h3-5H,6H2,1-2H3,(H,13,15). The molecule has 0 heterocycles. The third kappa shape index (κ3) is 3.09. The highest BCUT2D eigenvalue weighted by molar-refractivity contribution is 6.30. The quantitative estimate of drug-likeness (QED) is 0.831. The number of carbonyl (C=O) groups is 1. The van der Waals surface area contributed by atoms with Crippen LogP contribution in [-0.4, -0.2) is 25.0 Å². The molecule has 0 unspecified atom stereocenters. The van der Waals surface area contributed by atoms with Crippen LogP contribution in [0, 0.1) is 5.82 Å². The number of urea groups is 1. The fourth-order valence-corrected chi connectivity index (χ4v) is 1.38. The van der Waals surface area contributed by atoms with Gasteiger partial charge in [0.15, 0.2) is 0 Å². The first-order valence-electron chi connectivity index (χ1n) is 4.41. The first-order valence-corrected chi connectivity index (χ1v) is 4.79. The van der Waals surface area contributed by atoms with Gasteiger partial charge in [-0.1, -0.05) is 11.6 Å². The molecule has 0 radical (unpaired) electrons. The predicted octanol–water partition coefficient (Wildman–Crippen LogP) is 2.25. The summed E-state index contributed by atoms with van der Waals surface area (Å²) >= 11 is 5.73. The van der Waals surface area contributed by atoms with Gasteiger partial charge in [-0.05, 0) is 18.2 Å². The minimum absolute atomic E-state index is 0.187. The summed E-state index contributed by atoms with van der Waals surface area (Å²) in [5.74, 6) is -0.366. The summed E-state index contributed by atoms with van der Waals surface area (Å²) in [6.07, 6.45) is 0. The number of benzene rings is 1. The molecule has 15 heavy (non-hydrogen) atoms. The number of amides is 2. The Labute approximate surface area is 92.8 Å². The van der Waals surface area contributed by atoms with Gasteiger partial charge in [0, 0.05) is 31.2 Å². The lowest BCUT2D eigenvalue weighted by molar-refractivity contribution is 0.208. The van der Waals surface area contributed by atoms with Crippen LogP contribution in [0.15, 0.2) is 18.2 Å². The van der Waals surface area contributed by atoms with E-state index < -0.39 is 0 Å². The maximum absolute atomic E-state index is 13.3. The zero-order chi connectivity index (χ0) is 11.4. The van der Waals surface area contributed by atoms with Crippen molar-refractivity contribution in [3.8, 4) is 0 Å². The van der Waals surface area contributed by atoms with E-state index in [-0.39, 0.29) is 18.4 Å².